The maximum absolute atomic E-state index is 3.39. The first kappa shape index (κ1) is 8.75. The van der Waals surface area contributed by atoms with Crippen LogP contribution in [0.4, 0.5) is 0 Å². The highest BCUT2D eigenvalue weighted by molar-refractivity contribution is 7.10. The smallest absolute Gasteiger partial charge is 0.0302 e. The molecule has 0 amide bonds. The molecule has 0 aliphatic heterocycles. The van der Waals surface area contributed by atoms with Gasteiger partial charge in [-0.2, -0.15) is 0 Å². The molecule has 0 unspecified atom stereocenters. The first-order valence-electron chi connectivity index (χ1n) is 4.08. The molecule has 11 heavy (non-hydrogen) atoms. The van der Waals surface area contributed by atoms with Gasteiger partial charge in [0, 0.05) is 11.4 Å². The molecule has 0 fully saturated rings. The second kappa shape index (κ2) is 4.52. The van der Waals surface area contributed by atoms with Crippen molar-refractivity contribution in [3.05, 3.63) is 21.9 Å². The zero-order valence-corrected chi connectivity index (χ0v) is 8.00. The first-order chi connectivity index (χ1) is 5.34. The quantitative estimate of drug-likeness (QED) is 0.683. The second-order valence-electron chi connectivity index (χ2n) is 2.70. The van der Waals surface area contributed by atoms with Gasteiger partial charge in [0.2, 0.25) is 0 Å². The van der Waals surface area contributed by atoms with Crippen molar-refractivity contribution in [2.24, 2.45) is 0 Å². The molecule has 0 spiro atoms. The van der Waals surface area contributed by atoms with Gasteiger partial charge in [-0.25, -0.2) is 0 Å². The number of nitrogens with one attached hydrogen (secondary N) is 1. The van der Waals surface area contributed by atoms with Crippen LogP contribution < -0.4 is 5.32 Å². The van der Waals surface area contributed by atoms with Crippen LogP contribution in [-0.4, -0.2) is 6.54 Å². The third-order valence-corrected chi connectivity index (χ3v) is 2.70. The second-order valence-corrected chi connectivity index (χ2v) is 3.70. The summed E-state index contributed by atoms with van der Waals surface area (Å²) >= 11 is 1.84. The van der Waals surface area contributed by atoms with Crippen LogP contribution >= 0.6 is 11.3 Å². The van der Waals surface area contributed by atoms with Crippen LogP contribution in [-0.2, 0) is 6.54 Å². The van der Waals surface area contributed by atoms with E-state index in [1.165, 1.54) is 16.9 Å². The molecule has 62 valence electrons. The van der Waals surface area contributed by atoms with Gasteiger partial charge < -0.3 is 5.32 Å². The predicted octanol–water partition coefficient (Wildman–Crippen LogP) is 2.56. The van der Waals surface area contributed by atoms with Gasteiger partial charge in [0.05, 0.1) is 0 Å². The first-order valence-corrected chi connectivity index (χ1v) is 4.96. The molecule has 1 aromatic rings. The number of thiophene rings is 1. The summed E-state index contributed by atoms with van der Waals surface area (Å²) in [6, 6.07) is 2.17. The summed E-state index contributed by atoms with van der Waals surface area (Å²) in [6.45, 7) is 6.52. The summed E-state index contributed by atoms with van der Waals surface area (Å²) < 4.78 is 0. The van der Waals surface area contributed by atoms with Gasteiger partial charge in [0.15, 0.2) is 0 Å². The van der Waals surface area contributed by atoms with Crippen molar-refractivity contribution >= 4 is 11.3 Å². The molecule has 0 saturated carbocycles. The summed E-state index contributed by atoms with van der Waals surface area (Å²) in [5.41, 5.74) is 1.42. The molecule has 0 aliphatic rings. The fraction of sp³-hybridized carbons (Fsp3) is 0.556. The van der Waals surface area contributed by atoms with E-state index in [4.69, 9.17) is 0 Å². The van der Waals surface area contributed by atoms with Crippen LogP contribution in [0.5, 0.6) is 0 Å². The Morgan fingerprint density at radius 1 is 1.55 bits per heavy atom. The third kappa shape index (κ3) is 2.64. The lowest BCUT2D eigenvalue weighted by Crippen LogP contribution is -2.13. The highest BCUT2D eigenvalue weighted by atomic mass is 32.1. The number of hydrogen-bond acceptors (Lipinski definition) is 2. The fourth-order valence-corrected chi connectivity index (χ4v) is 1.84. The van der Waals surface area contributed by atoms with E-state index < -0.39 is 0 Å². The van der Waals surface area contributed by atoms with Crippen molar-refractivity contribution < 1.29 is 0 Å². The standard InChI is InChI=1S/C9H15NS/c1-3-5-10-7-9-8(2)4-6-11-9/h4,6,10H,3,5,7H2,1-2H3. The minimum absolute atomic E-state index is 1.04. The fourth-order valence-electron chi connectivity index (χ4n) is 0.964. The SMILES string of the molecule is CCCNCc1sccc1C. The van der Waals surface area contributed by atoms with Gasteiger partial charge in [-0.3, -0.25) is 0 Å². The van der Waals surface area contributed by atoms with Crippen molar-refractivity contribution in [3.63, 3.8) is 0 Å². The van der Waals surface area contributed by atoms with Crippen molar-refractivity contribution in [1.82, 2.24) is 5.32 Å². The molecule has 1 heterocycles. The van der Waals surface area contributed by atoms with Crippen LogP contribution in [0.2, 0.25) is 0 Å². The molecule has 1 aromatic heterocycles. The largest absolute Gasteiger partial charge is 0.312 e. The maximum atomic E-state index is 3.39. The number of hydrogen-bond donors (Lipinski definition) is 1. The normalized spacial score (nSPS) is 10.4. The van der Waals surface area contributed by atoms with Crippen molar-refractivity contribution in [3.8, 4) is 0 Å². The van der Waals surface area contributed by atoms with Crippen LogP contribution in [0.3, 0.4) is 0 Å². The number of aryl methyl sites for hydroxylation is 1. The van der Waals surface area contributed by atoms with E-state index in [0.29, 0.717) is 0 Å². The van der Waals surface area contributed by atoms with E-state index in [0.717, 1.165) is 13.1 Å². The maximum Gasteiger partial charge on any atom is 0.0302 e. The molecule has 1 nitrogen and oxygen atoms in total. The van der Waals surface area contributed by atoms with E-state index in [-0.39, 0.29) is 0 Å². The van der Waals surface area contributed by atoms with Crippen LogP contribution in [0.25, 0.3) is 0 Å². The monoisotopic (exact) mass is 169 g/mol. The van der Waals surface area contributed by atoms with Gasteiger partial charge in [-0.05, 0) is 36.9 Å². The summed E-state index contributed by atoms with van der Waals surface area (Å²) in [6.07, 6.45) is 1.21. The Morgan fingerprint density at radius 2 is 2.36 bits per heavy atom. The molecule has 2 heteroatoms. The molecule has 1 N–H and O–H groups in total. The van der Waals surface area contributed by atoms with Crippen molar-refractivity contribution in [2.45, 2.75) is 26.8 Å². The Hall–Kier alpha value is -0.340. The van der Waals surface area contributed by atoms with Crippen molar-refractivity contribution in [2.75, 3.05) is 6.54 Å². The van der Waals surface area contributed by atoms with Gasteiger partial charge >= 0.3 is 0 Å². The van der Waals surface area contributed by atoms with Crippen LogP contribution in [0, 0.1) is 6.92 Å². The van der Waals surface area contributed by atoms with E-state index in [9.17, 15) is 0 Å². The van der Waals surface area contributed by atoms with E-state index in [2.05, 4.69) is 30.6 Å². The van der Waals surface area contributed by atoms with Gasteiger partial charge in [0.25, 0.3) is 0 Å². The van der Waals surface area contributed by atoms with Crippen molar-refractivity contribution in [1.29, 1.82) is 0 Å². The van der Waals surface area contributed by atoms with Crippen LogP contribution in [0.1, 0.15) is 23.8 Å². The topological polar surface area (TPSA) is 12.0 Å². The number of rotatable bonds is 4. The lowest BCUT2D eigenvalue weighted by Gasteiger charge is -2.00. The zero-order chi connectivity index (χ0) is 8.10. The molecule has 0 radical (unpaired) electrons. The molecule has 1 rings (SSSR count). The zero-order valence-electron chi connectivity index (χ0n) is 7.18. The molecule has 0 atom stereocenters. The Balaban J connectivity index is 2.32. The summed E-state index contributed by atoms with van der Waals surface area (Å²) in [4.78, 5) is 1.47. The molecule has 0 bridgehead atoms. The average molecular weight is 169 g/mol. The van der Waals surface area contributed by atoms with E-state index >= 15 is 0 Å². The van der Waals surface area contributed by atoms with Gasteiger partial charge in [-0.15, -0.1) is 11.3 Å². The Morgan fingerprint density at radius 3 is 2.91 bits per heavy atom. The van der Waals surface area contributed by atoms with Crippen LogP contribution in [0.15, 0.2) is 11.4 Å². The van der Waals surface area contributed by atoms with E-state index in [1.807, 2.05) is 11.3 Å². The molecular weight excluding hydrogens is 154 g/mol. The molecule has 0 aromatic carbocycles. The average Bonchev–Trinajstić information content (AvgIpc) is 2.37. The van der Waals surface area contributed by atoms with E-state index in [1.54, 1.807) is 0 Å². The Labute approximate surface area is 72.4 Å². The minimum atomic E-state index is 1.04. The highest BCUT2D eigenvalue weighted by Crippen LogP contribution is 2.14. The molecule has 0 saturated heterocycles. The summed E-state index contributed by atoms with van der Waals surface area (Å²) in [7, 11) is 0. The third-order valence-electron chi connectivity index (χ3n) is 1.68. The lowest BCUT2D eigenvalue weighted by molar-refractivity contribution is 0.680. The Kier molecular flexibility index (Phi) is 3.60. The Bertz CT molecular complexity index is 205. The highest BCUT2D eigenvalue weighted by Gasteiger charge is 1.96. The lowest BCUT2D eigenvalue weighted by atomic mass is 10.3. The molecule has 0 aliphatic carbocycles. The predicted molar refractivity (Wildman–Crippen MR) is 51.1 cm³/mol. The molecular formula is C9H15NS. The van der Waals surface area contributed by atoms with Gasteiger partial charge in [0.1, 0.15) is 0 Å². The van der Waals surface area contributed by atoms with Gasteiger partial charge in [-0.1, -0.05) is 6.92 Å². The minimum Gasteiger partial charge on any atom is -0.312 e. The summed E-state index contributed by atoms with van der Waals surface area (Å²) in [5, 5.41) is 5.54. The summed E-state index contributed by atoms with van der Waals surface area (Å²) in [5.74, 6) is 0.